The number of nitrogens with one attached hydrogen (secondary N) is 4. The van der Waals surface area contributed by atoms with Crippen LogP contribution in [0, 0.1) is 17.8 Å². The van der Waals surface area contributed by atoms with E-state index in [0.29, 0.717) is 30.1 Å². The smallest absolute Gasteiger partial charge is 0.314 e. The van der Waals surface area contributed by atoms with Crippen molar-refractivity contribution < 1.29 is 19.8 Å². The molecular weight excluding hydrogens is 424 g/mol. The number of hydrogen-bond acceptors (Lipinski definition) is 6. The molecule has 3 unspecified atom stereocenters. The third-order valence-electron chi connectivity index (χ3n) is 8.02. The van der Waals surface area contributed by atoms with Crippen LogP contribution in [0.3, 0.4) is 0 Å². The van der Waals surface area contributed by atoms with Crippen LogP contribution in [0.5, 0.6) is 0 Å². The van der Waals surface area contributed by atoms with Crippen molar-refractivity contribution >= 4 is 23.5 Å². The lowest BCUT2D eigenvalue weighted by Crippen LogP contribution is -2.55. The Morgan fingerprint density at radius 2 is 2.03 bits per heavy atom. The van der Waals surface area contributed by atoms with Crippen LogP contribution < -0.4 is 16.0 Å². The summed E-state index contributed by atoms with van der Waals surface area (Å²) in [7, 11) is 0. The van der Waals surface area contributed by atoms with Crippen molar-refractivity contribution in [2.45, 2.75) is 63.3 Å². The third-order valence-corrected chi connectivity index (χ3v) is 8.02. The molecule has 4 fully saturated rings. The van der Waals surface area contributed by atoms with Gasteiger partial charge in [-0.15, -0.1) is 0 Å². The molecule has 0 saturated heterocycles. The minimum atomic E-state index is -0.804. The van der Waals surface area contributed by atoms with Gasteiger partial charge in [0.1, 0.15) is 5.82 Å². The molecule has 1 aliphatic heterocycles. The third kappa shape index (κ3) is 3.26. The standard InChI is InChI=1S/C23H30N6O4/c1-11(10-30)26-21(31)22(32)27-20-16-9-25-19-15(2-3-24-19)18(16)29(28-20)17-13-4-12-5-14(17)8-23(33,6-12)7-13/h2-3,11-14,17,24-25,30,33H,4-10H2,1H3,(H,26,31)(H,27,28,32)/t11-,12?,13-,14+,17?,23?/m0/s1. The van der Waals surface area contributed by atoms with Crippen LogP contribution in [0.25, 0.3) is 11.3 Å². The highest BCUT2D eigenvalue weighted by Gasteiger charge is 2.56. The van der Waals surface area contributed by atoms with Crippen molar-refractivity contribution in [1.82, 2.24) is 20.1 Å². The van der Waals surface area contributed by atoms with E-state index in [4.69, 9.17) is 10.2 Å². The van der Waals surface area contributed by atoms with Gasteiger partial charge in [0.2, 0.25) is 0 Å². The van der Waals surface area contributed by atoms with Gasteiger partial charge in [0, 0.05) is 29.9 Å². The second kappa shape index (κ2) is 7.33. The number of hydrogen-bond donors (Lipinski definition) is 6. The molecule has 6 N–H and O–H groups in total. The first-order chi connectivity index (χ1) is 15.8. The van der Waals surface area contributed by atoms with Crippen LogP contribution in [0.2, 0.25) is 0 Å². The minimum absolute atomic E-state index is 0.158. The lowest BCUT2D eigenvalue weighted by atomic mass is 9.52. The summed E-state index contributed by atoms with van der Waals surface area (Å²) in [5.74, 6) is 0.965. The first-order valence-electron chi connectivity index (χ1n) is 11.8. The van der Waals surface area contributed by atoms with Gasteiger partial charge in [0.05, 0.1) is 23.9 Å². The van der Waals surface area contributed by atoms with E-state index in [1.807, 2.05) is 12.3 Å². The van der Waals surface area contributed by atoms with Gasteiger partial charge < -0.3 is 31.1 Å². The maximum absolute atomic E-state index is 12.6. The van der Waals surface area contributed by atoms with Crippen molar-refractivity contribution in [2.24, 2.45) is 17.8 Å². The van der Waals surface area contributed by atoms with Gasteiger partial charge in [-0.05, 0) is 62.8 Å². The van der Waals surface area contributed by atoms with Crippen molar-refractivity contribution in [3.05, 3.63) is 17.8 Å². The number of nitrogens with zero attached hydrogens (tertiary/aromatic N) is 2. The second-order valence-electron chi connectivity index (χ2n) is 10.4. The van der Waals surface area contributed by atoms with E-state index in [1.54, 1.807) is 6.92 Å². The van der Waals surface area contributed by atoms with Gasteiger partial charge in [-0.3, -0.25) is 14.3 Å². The van der Waals surface area contributed by atoms with Crippen molar-refractivity contribution in [3.63, 3.8) is 0 Å². The summed E-state index contributed by atoms with van der Waals surface area (Å²) in [5, 5.41) is 33.6. The molecule has 176 valence electrons. The van der Waals surface area contributed by atoms with Crippen molar-refractivity contribution in [2.75, 3.05) is 17.2 Å². The van der Waals surface area contributed by atoms with Gasteiger partial charge in [-0.25, -0.2) is 0 Å². The Kier molecular flexibility index (Phi) is 4.60. The molecule has 4 bridgehead atoms. The number of amides is 2. The number of rotatable bonds is 4. The molecule has 7 rings (SSSR count). The lowest BCUT2D eigenvalue weighted by Gasteiger charge is -2.58. The average molecular weight is 455 g/mol. The average Bonchev–Trinajstić information content (AvgIpc) is 3.37. The van der Waals surface area contributed by atoms with E-state index in [0.717, 1.165) is 54.7 Å². The summed E-state index contributed by atoms with van der Waals surface area (Å²) < 4.78 is 2.07. The molecule has 10 nitrogen and oxygen atoms in total. The molecule has 10 heteroatoms. The van der Waals surface area contributed by atoms with E-state index in [2.05, 4.69) is 25.6 Å². The van der Waals surface area contributed by atoms with E-state index in [1.165, 1.54) is 0 Å². The zero-order chi connectivity index (χ0) is 22.9. The molecule has 33 heavy (non-hydrogen) atoms. The van der Waals surface area contributed by atoms with Crippen LogP contribution in [-0.4, -0.2) is 55.0 Å². The quantitative estimate of drug-likeness (QED) is 0.385. The molecule has 5 aliphatic rings. The highest BCUT2D eigenvalue weighted by atomic mass is 16.3. The van der Waals surface area contributed by atoms with Gasteiger partial charge in [0.25, 0.3) is 0 Å². The SMILES string of the molecule is C[C@@H](CO)NC(=O)C(=O)Nc1nn(C2[C@@H]3CC4C[C@H]2CC(O)(C4)C3)c2c1CNc1[nH]ccc1-2. The fourth-order valence-corrected chi connectivity index (χ4v) is 6.98. The highest BCUT2D eigenvalue weighted by Crippen LogP contribution is 2.60. The van der Waals surface area contributed by atoms with Gasteiger partial charge >= 0.3 is 11.8 Å². The molecular formula is C23H30N6O4. The van der Waals surface area contributed by atoms with Crippen LogP contribution in [0.4, 0.5) is 11.6 Å². The minimum Gasteiger partial charge on any atom is -0.394 e. The van der Waals surface area contributed by atoms with Crippen LogP contribution in [-0.2, 0) is 16.1 Å². The summed E-state index contributed by atoms with van der Waals surface area (Å²) in [5.41, 5.74) is 2.27. The number of aromatic nitrogens is 3. The zero-order valence-corrected chi connectivity index (χ0v) is 18.6. The molecule has 4 saturated carbocycles. The number of fused-ring (bicyclic) bond motifs is 3. The number of carbonyl (C=O) groups excluding carboxylic acids is 2. The van der Waals surface area contributed by atoms with E-state index >= 15 is 0 Å². The molecule has 0 aromatic carbocycles. The number of aromatic amines is 1. The Morgan fingerprint density at radius 1 is 1.27 bits per heavy atom. The van der Waals surface area contributed by atoms with E-state index in [-0.39, 0.29) is 12.6 Å². The molecule has 0 radical (unpaired) electrons. The Bertz CT molecular complexity index is 1110. The van der Waals surface area contributed by atoms with Gasteiger partial charge in [-0.1, -0.05) is 0 Å². The molecule has 2 aromatic heterocycles. The molecule has 0 spiro atoms. The molecule has 6 atom stereocenters. The predicted molar refractivity (Wildman–Crippen MR) is 120 cm³/mol. The molecule has 3 heterocycles. The summed E-state index contributed by atoms with van der Waals surface area (Å²) in [6, 6.07) is 1.64. The topological polar surface area (TPSA) is 144 Å². The molecule has 2 amide bonds. The highest BCUT2D eigenvalue weighted by molar-refractivity contribution is 6.39. The van der Waals surface area contributed by atoms with E-state index < -0.39 is 23.5 Å². The zero-order valence-electron chi connectivity index (χ0n) is 18.6. The van der Waals surface area contributed by atoms with E-state index in [9.17, 15) is 14.7 Å². The maximum atomic E-state index is 12.6. The number of H-pyrrole nitrogens is 1. The van der Waals surface area contributed by atoms with Gasteiger partial charge in [0.15, 0.2) is 5.82 Å². The van der Waals surface area contributed by atoms with Crippen LogP contribution in [0.15, 0.2) is 12.3 Å². The number of aliphatic hydroxyl groups excluding tert-OH is 1. The summed E-state index contributed by atoms with van der Waals surface area (Å²) in [6.07, 6.45) is 6.57. The fourth-order valence-electron chi connectivity index (χ4n) is 6.98. The normalized spacial score (nSPS) is 32.0. The monoisotopic (exact) mass is 454 g/mol. The summed E-state index contributed by atoms with van der Waals surface area (Å²) in [4.78, 5) is 28.1. The summed E-state index contributed by atoms with van der Waals surface area (Å²) >= 11 is 0. The van der Waals surface area contributed by atoms with Crippen LogP contribution >= 0.6 is 0 Å². The summed E-state index contributed by atoms with van der Waals surface area (Å²) in [6.45, 7) is 1.85. The number of carbonyl (C=O) groups is 2. The largest absolute Gasteiger partial charge is 0.394 e. The Hall–Kier alpha value is -2.85. The first-order valence-corrected chi connectivity index (χ1v) is 11.8. The fraction of sp³-hybridized carbons (Fsp3) is 0.609. The Morgan fingerprint density at radius 3 is 2.73 bits per heavy atom. The Balaban J connectivity index is 1.37. The second-order valence-corrected chi connectivity index (χ2v) is 10.4. The van der Waals surface area contributed by atoms with Crippen molar-refractivity contribution in [1.29, 1.82) is 0 Å². The Labute approximate surface area is 191 Å². The van der Waals surface area contributed by atoms with Gasteiger partial charge in [-0.2, -0.15) is 5.10 Å². The number of aliphatic hydroxyl groups is 2. The molecule has 4 aliphatic carbocycles. The van der Waals surface area contributed by atoms with Crippen molar-refractivity contribution in [3.8, 4) is 11.3 Å². The van der Waals surface area contributed by atoms with Crippen LogP contribution in [0.1, 0.15) is 50.6 Å². The molecule has 2 aromatic rings. The maximum Gasteiger partial charge on any atom is 0.314 e. The lowest BCUT2D eigenvalue weighted by molar-refractivity contribution is -0.148. The number of anilines is 2. The first kappa shape index (κ1) is 20.7. The predicted octanol–water partition coefficient (Wildman–Crippen LogP) is 1.35.